The number of hydrogen-bond donors (Lipinski definition) is 2. The first-order valence-corrected chi connectivity index (χ1v) is 12.9. The van der Waals surface area contributed by atoms with Gasteiger partial charge in [0.05, 0.1) is 16.3 Å². The van der Waals surface area contributed by atoms with E-state index in [0.717, 1.165) is 42.6 Å². The summed E-state index contributed by atoms with van der Waals surface area (Å²) in [7, 11) is 0. The largest absolute Gasteiger partial charge is 0.372 e. The van der Waals surface area contributed by atoms with E-state index in [2.05, 4.69) is 10.3 Å². The highest BCUT2D eigenvalue weighted by atomic mass is 35.5. The third kappa shape index (κ3) is 4.92. The summed E-state index contributed by atoms with van der Waals surface area (Å²) in [6, 6.07) is 7.24. The summed E-state index contributed by atoms with van der Waals surface area (Å²) in [4.78, 5) is 31.1. The first-order chi connectivity index (χ1) is 19.0. The molecule has 1 saturated carbocycles. The smallest absolute Gasteiger partial charge is 0.281 e. The van der Waals surface area contributed by atoms with Gasteiger partial charge in [-0.2, -0.15) is 0 Å². The number of pyridine rings is 1. The van der Waals surface area contributed by atoms with E-state index in [1.54, 1.807) is 0 Å². The minimum atomic E-state index is -2.96. The van der Waals surface area contributed by atoms with Crippen LogP contribution in [-0.4, -0.2) is 34.5 Å². The number of aromatic nitrogens is 1. The lowest BCUT2D eigenvalue weighted by Gasteiger charge is -2.32. The Morgan fingerprint density at radius 1 is 1.10 bits per heavy atom. The Bertz CT molecular complexity index is 1480. The van der Waals surface area contributed by atoms with Gasteiger partial charge in [-0.25, -0.2) is 22.0 Å². The second kappa shape index (κ2) is 10.8. The Morgan fingerprint density at radius 3 is 2.52 bits per heavy atom. The molecule has 1 aliphatic heterocycles. The van der Waals surface area contributed by atoms with Crippen LogP contribution in [-0.2, 0) is 10.4 Å². The Morgan fingerprint density at radius 2 is 1.82 bits per heavy atom. The van der Waals surface area contributed by atoms with Crippen molar-refractivity contribution in [2.75, 3.05) is 11.4 Å². The molecule has 0 bridgehead atoms. The van der Waals surface area contributed by atoms with Crippen LogP contribution in [0.2, 0.25) is 5.02 Å². The fraction of sp³-hybridized carbons (Fsp3) is 0.321. The van der Waals surface area contributed by atoms with Crippen molar-refractivity contribution in [2.45, 2.75) is 43.8 Å². The molecule has 3 aromatic rings. The molecule has 0 spiro atoms. The molecule has 5 rings (SSSR count). The number of hydrogen-bond acceptors (Lipinski definition) is 4. The zero-order valence-electron chi connectivity index (χ0n) is 20.8. The van der Waals surface area contributed by atoms with Crippen molar-refractivity contribution in [2.24, 2.45) is 5.92 Å². The van der Waals surface area contributed by atoms with Crippen molar-refractivity contribution in [3.63, 3.8) is 0 Å². The fourth-order valence-electron chi connectivity index (χ4n) is 5.49. The van der Waals surface area contributed by atoms with Gasteiger partial charge in [0.15, 0.2) is 17.2 Å². The minimum absolute atomic E-state index is 0.0479. The Balaban J connectivity index is 1.31. The van der Waals surface area contributed by atoms with Gasteiger partial charge in [0, 0.05) is 29.9 Å². The third-order valence-electron chi connectivity index (χ3n) is 7.49. The van der Waals surface area contributed by atoms with Crippen molar-refractivity contribution >= 4 is 29.1 Å². The maximum Gasteiger partial charge on any atom is 0.281 e. The van der Waals surface area contributed by atoms with Gasteiger partial charge in [0.1, 0.15) is 11.5 Å². The maximum atomic E-state index is 14.7. The zero-order chi connectivity index (χ0) is 28.8. The predicted molar refractivity (Wildman–Crippen MR) is 136 cm³/mol. The van der Waals surface area contributed by atoms with Crippen molar-refractivity contribution in [3.05, 3.63) is 93.5 Å². The number of carbonyl (C=O) groups excluding carboxylic acids is 2. The Kier molecular flexibility index (Phi) is 7.54. The average molecular weight is 580 g/mol. The van der Waals surface area contributed by atoms with Crippen molar-refractivity contribution in [1.82, 2.24) is 10.3 Å². The summed E-state index contributed by atoms with van der Waals surface area (Å²) in [5.41, 5.74) is -4.21. The highest BCUT2D eigenvalue weighted by Crippen LogP contribution is 2.46. The molecule has 1 aliphatic carbocycles. The van der Waals surface area contributed by atoms with Crippen molar-refractivity contribution < 1.29 is 36.6 Å². The van der Waals surface area contributed by atoms with Crippen LogP contribution < -0.4 is 10.2 Å². The van der Waals surface area contributed by atoms with E-state index in [4.69, 9.17) is 11.6 Å². The molecule has 2 aromatic carbocycles. The monoisotopic (exact) mass is 579 g/mol. The zero-order valence-corrected chi connectivity index (χ0v) is 21.6. The number of benzene rings is 2. The number of rotatable bonds is 6. The van der Waals surface area contributed by atoms with Gasteiger partial charge in [-0.3, -0.25) is 14.6 Å². The van der Waals surface area contributed by atoms with Crippen LogP contribution >= 0.6 is 11.6 Å². The van der Waals surface area contributed by atoms with Crippen LogP contribution in [0.4, 0.5) is 27.6 Å². The van der Waals surface area contributed by atoms with E-state index >= 15 is 0 Å². The lowest BCUT2D eigenvalue weighted by Crippen LogP contribution is -2.45. The van der Waals surface area contributed by atoms with Crippen LogP contribution in [0, 0.1) is 23.4 Å². The van der Waals surface area contributed by atoms with Crippen molar-refractivity contribution in [3.8, 4) is 0 Å². The maximum absolute atomic E-state index is 14.7. The molecule has 2 heterocycles. The topological polar surface area (TPSA) is 82.5 Å². The van der Waals surface area contributed by atoms with Crippen LogP contribution in [0.15, 0.2) is 48.7 Å². The molecule has 40 heavy (non-hydrogen) atoms. The van der Waals surface area contributed by atoms with E-state index < -0.39 is 52.5 Å². The summed E-state index contributed by atoms with van der Waals surface area (Å²) < 4.78 is 69.5. The van der Waals surface area contributed by atoms with E-state index in [1.165, 1.54) is 11.0 Å². The molecule has 1 atom stereocenters. The van der Waals surface area contributed by atoms with Gasteiger partial charge in [0.2, 0.25) is 0 Å². The number of nitrogens with one attached hydrogen (secondary N) is 1. The summed E-state index contributed by atoms with van der Waals surface area (Å²) >= 11 is 5.84. The molecule has 2 amide bonds. The lowest BCUT2D eigenvalue weighted by atomic mass is 9.85. The first kappa shape index (κ1) is 28.0. The third-order valence-corrected chi connectivity index (χ3v) is 7.70. The minimum Gasteiger partial charge on any atom is -0.372 e. The van der Waals surface area contributed by atoms with E-state index in [9.17, 15) is 36.6 Å². The molecule has 2 aliphatic rings. The van der Waals surface area contributed by atoms with Crippen LogP contribution in [0.1, 0.15) is 59.3 Å². The van der Waals surface area contributed by atoms with Crippen molar-refractivity contribution in [1.29, 1.82) is 0 Å². The molecule has 1 fully saturated rings. The van der Waals surface area contributed by atoms with E-state index in [-0.39, 0.29) is 40.3 Å². The highest BCUT2D eigenvalue weighted by molar-refractivity contribution is 6.30. The van der Waals surface area contributed by atoms with Gasteiger partial charge < -0.3 is 15.3 Å². The number of carbonyl (C=O) groups is 2. The molecule has 2 N–H and O–H groups in total. The lowest BCUT2D eigenvalue weighted by molar-refractivity contribution is -0.132. The van der Waals surface area contributed by atoms with Gasteiger partial charge in [-0.05, 0) is 61.9 Å². The molecule has 210 valence electrons. The second-order valence-electron chi connectivity index (χ2n) is 9.97. The number of anilines is 1. The molecular weight excluding hydrogens is 557 g/mol. The average Bonchev–Trinajstić information content (AvgIpc) is 3.12. The number of nitrogens with zero attached hydrogens (tertiary/aromatic N) is 2. The normalized spacial score (nSPS) is 22.5. The standard InChI is InChI=1S/C28H23ClF5N3O3/c29-15-10-18(24(25(33)34)35-12-15)26(38)36-17-7-4-14(5-8-17)13-37-22-9-6-16(30)11-20(22)28(40,27(37)39)19-2-1-3-21(31)23(19)32/h1-3,6,9-12,14,17,25,40H,4-5,7-8,13H2,(H,36,38)/t14-,17-,28?. The summed E-state index contributed by atoms with van der Waals surface area (Å²) in [6.07, 6.45) is 0.0649. The van der Waals surface area contributed by atoms with Gasteiger partial charge >= 0.3 is 0 Å². The van der Waals surface area contributed by atoms with Crippen LogP contribution in [0.25, 0.3) is 0 Å². The summed E-state index contributed by atoms with van der Waals surface area (Å²) in [6.45, 7) is 0.102. The van der Waals surface area contributed by atoms with E-state index in [1.807, 2.05) is 0 Å². The molecular formula is C28H23ClF5N3O3. The quantitative estimate of drug-likeness (QED) is 0.369. The molecule has 1 aromatic heterocycles. The molecule has 0 saturated heterocycles. The molecule has 1 unspecified atom stereocenters. The first-order valence-electron chi connectivity index (χ1n) is 12.5. The van der Waals surface area contributed by atoms with Gasteiger partial charge in [0.25, 0.3) is 18.2 Å². The Labute approximate surface area is 230 Å². The van der Waals surface area contributed by atoms with Gasteiger partial charge in [-0.15, -0.1) is 0 Å². The molecule has 12 heteroatoms. The van der Waals surface area contributed by atoms with Crippen LogP contribution in [0.5, 0.6) is 0 Å². The number of amides is 2. The highest BCUT2D eigenvalue weighted by Gasteiger charge is 2.53. The van der Waals surface area contributed by atoms with E-state index in [0.29, 0.717) is 25.7 Å². The number of fused-ring (bicyclic) bond motifs is 1. The molecule has 6 nitrogen and oxygen atoms in total. The SMILES string of the molecule is O=C(N[C@H]1CC[C@H](CN2C(=O)C(O)(c3cccc(F)c3F)c3cc(F)ccc32)CC1)c1cc(Cl)cnc1C(F)F. The van der Waals surface area contributed by atoms with Crippen LogP contribution in [0.3, 0.4) is 0 Å². The predicted octanol–water partition coefficient (Wildman–Crippen LogP) is 5.66. The fourth-order valence-corrected chi connectivity index (χ4v) is 5.65. The van der Waals surface area contributed by atoms with Gasteiger partial charge in [-0.1, -0.05) is 23.7 Å². The number of halogens is 6. The number of aliphatic hydroxyl groups is 1. The Hall–Kier alpha value is -3.57. The second-order valence-corrected chi connectivity index (χ2v) is 10.4. The molecule has 0 radical (unpaired) electrons. The number of alkyl halides is 2. The summed E-state index contributed by atoms with van der Waals surface area (Å²) in [5, 5.41) is 14.2. The summed E-state index contributed by atoms with van der Waals surface area (Å²) in [5.74, 6) is -5.19.